The van der Waals surface area contributed by atoms with E-state index in [1.165, 1.54) is 10.9 Å². The van der Waals surface area contributed by atoms with Crippen molar-refractivity contribution in [3.8, 4) is 11.1 Å². The number of benzene rings is 1. The van der Waals surface area contributed by atoms with Gasteiger partial charge in [-0.3, -0.25) is 9.36 Å². The Kier molecular flexibility index (Phi) is 9.44. The van der Waals surface area contributed by atoms with Gasteiger partial charge in [-0.05, 0) is 30.2 Å². The number of aromatic nitrogens is 4. The molecule has 3 rings (SSSR count). The van der Waals surface area contributed by atoms with Crippen LogP contribution >= 0.6 is 0 Å². The first kappa shape index (κ1) is 28.2. The van der Waals surface area contributed by atoms with Crippen LogP contribution in [-0.4, -0.2) is 42.7 Å². The molecule has 3 aromatic rings. The molecule has 0 saturated carbocycles. The third-order valence-electron chi connectivity index (χ3n) is 4.87. The molecule has 0 fully saturated rings. The van der Waals surface area contributed by atoms with E-state index in [-0.39, 0.29) is 30.8 Å². The van der Waals surface area contributed by atoms with Gasteiger partial charge in [0.25, 0.3) is 11.6 Å². The van der Waals surface area contributed by atoms with Gasteiger partial charge in [0, 0.05) is 30.4 Å². The smallest absolute Gasteiger partial charge is 0.475 e. The summed E-state index contributed by atoms with van der Waals surface area (Å²) in [5.74, 6) is -2.76. The molecule has 0 unspecified atom stereocenters. The van der Waals surface area contributed by atoms with E-state index >= 15 is 0 Å². The lowest BCUT2D eigenvalue weighted by Crippen LogP contribution is -2.27. The van der Waals surface area contributed by atoms with Gasteiger partial charge in [-0.25, -0.2) is 14.3 Å². The van der Waals surface area contributed by atoms with Crippen LogP contribution in [0.15, 0.2) is 70.2 Å². The monoisotopic (exact) mass is 515 g/mol. The SMILES string of the molecule is CCn1cccc(-c2ccc(Cn3cnn(CC(CN)=C(F)F)c3=O)cc2)c1=O.O=C(O)C(F)(F)F. The lowest BCUT2D eigenvalue weighted by molar-refractivity contribution is -0.192. The lowest BCUT2D eigenvalue weighted by Gasteiger charge is -2.07. The lowest BCUT2D eigenvalue weighted by atomic mass is 10.1. The normalized spacial score (nSPS) is 11.0. The van der Waals surface area contributed by atoms with E-state index in [1.54, 1.807) is 16.8 Å². The fourth-order valence-corrected chi connectivity index (χ4v) is 2.96. The molecule has 0 saturated heterocycles. The largest absolute Gasteiger partial charge is 0.490 e. The van der Waals surface area contributed by atoms with Gasteiger partial charge in [0.1, 0.15) is 6.33 Å². The number of rotatable bonds is 7. The molecule has 0 radical (unpaired) electrons. The number of alkyl halides is 3. The van der Waals surface area contributed by atoms with Crippen molar-refractivity contribution in [2.75, 3.05) is 6.54 Å². The highest BCUT2D eigenvalue weighted by molar-refractivity contribution is 5.73. The molecule has 194 valence electrons. The van der Waals surface area contributed by atoms with Crippen molar-refractivity contribution in [3.05, 3.63) is 87.0 Å². The Morgan fingerprint density at radius 1 is 1.08 bits per heavy atom. The van der Waals surface area contributed by atoms with Gasteiger partial charge in [0.2, 0.25) is 0 Å². The Labute approximate surface area is 200 Å². The number of pyridine rings is 1. The molecule has 1 aromatic carbocycles. The maximum atomic E-state index is 12.8. The molecule has 0 aliphatic carbocycles. The Morgan fingerprint density at radius 3 is 2.19 bits per heavy atom. The summed E-state index contributed by atoms with van der Waals surface area (Å²) in [7, 11) is 0. The Bertz CT molecular complexity index is 1340. The first-order chi connectivity index (χ1) is 16.9. The number of carboxylic acids is 1. The van der Waals surface area contributed by atoms with Crippen molar-refractivity contribution < 1.29 is 31.9 Å². The second-order valence-corrected chi connectivity index (χ2v) is 7.28. The number of nitrogens with zero attached hydrogens (tertiary/aromatic N) is 4. The number of nitrogens with two attached hydrogens (primary N) is 1. The van der Waals surface area contributed by atoms with E-state index in [4.69, 9.17) is 15.6 Å². The average Bonchev–Trinajstić information content (AvgIpc) is 3.16. The molecule has 0 aliphatic rings. The summed E-state index contributed by atoms with van der Waals surface area (Å²) in [5, 5.41) is 11.0. The highest BCUT2D eigenvalue weighted by Gasteiger charge is 2.38. The molecule has 14 heteroatoms. The number of halogens is 5. The molecule has 2 aromatic heterocycles. The zero-order valence-corrected chi connectivity index (χ0v) is 18.9. The standard InChI is InChI=1S/C20H21F2N5O2.C2HF3O2/c1-2-25-9-3-4-17(19(25)28)15-7-5-14(6-8-15)11-26-13-24-27(20(26)29)12-16(10-23)18(21)22;3-2(4,5)1(6)7/h3-9,13H,2,10-12,23H2,1H3;(H,6,7). The Hall–Kier alpha value is -4.07. The van der Waals surface area contributed by atoms with Crippen molar-refractivity contribution in [1.29, 1.82) is 0 Å². The zero-order valence-electron chi connectivity index (χ0n) is 18.9. The predicted octanol–water partition coefficient (Wildman–Crippen LogP) is 2.68. The van der Waals surface area contributed by atoms with E-state index in [0.717, 1.165) is 15.8 Å². The van der Waals surface area contributed by atoms with Gasteiger partial charge in [0.15, 0.2) is 0 Å². The van der Waals surface area contributed by atoms with Crippen LogP contribution in [-0.2, 0) is 24.4 Å². The summed E-state index contributed by atoms with van der Waals surface area (Å²) < 4.78 is 61.1. The van der Waals surface area contributed by atoms with Crippen LogP contribution < -0.4 is 17.0 Å². The highest BCUT2D eigenvalue weighted by atomic mass is 19.4. The molecule has 0 spiro atoms. The van der Waals surface area contributed by atoms with E-state index in [2.05, 4.69) is 5.10 Å². The summed E-state index contributed by atoms with van der Waals surface area (Å²) in [6.07, 6.45) is -3.94. The third kappa shape index (κ3) is 7.21. The first-order valence-electron chi connectivity index (χ1n) is 10.3. The minimum absolute atomic E-state index is 0.0656. The summed E-state index contributed by atoms with van der Waals surface area (Å²) in [6.45, 7) is 2.03. The van der Waals surface area contributed by atoms with Crippen molar-refractivity contribution in [1.82, 2.24) is 18.9 Å². The minimum atomic E-state index is -5.08. The molecule has 2 heterocycles. The van der Waals surface area contributed by atoms with Crippen molar-refractivity contribution in [3.63, 3.8) is 0 Å². The van der Waals surface area contributed by atoms with Crippen LogP contribution in [0, 0.1) is 0 Å². The van der Waals surface area contributed by atoms with E-state index in [0.29, 0.717) is 12.1 Å². The number of hydrogen-bond donors (Lipinski definition) is 2. The maximum absolute atomic E-state index is 12.8. The molecular formula is C22H22F5N5O4. The van der Waals surface area contributed by atoms with Crippen molar-refractivity contribution in [2.45, 2.75) is 32.7 Å². The number of aryl methyl sites for hydroxylation is 1. The van der Waals surface area contributed by atoms with Crippen molar-refractivity contribution in [2.24, 2.45) is 5.73 Å². The van der Waals surface area contributed by atoms with E-state index in [1.807, 2.05) is 37.3 Å². The van der Waals surface area contributed by atoms with Crippen molar-refractivity contribution >= 4 is 5.97 Å². The predicted molar refractivity (Wildman–Crippen MR) is 119 cm³/mol. The summed E-state index contributed by atoms with van der Waals surface area (Å²) in [6, 6.07) is 10.9. The summed E-state index contributed by atoms with van der Waals surface area (Å²) in [5.41, 5.74) is 6.57. The number of hydrogen-bond acceptors (Lipinski definition) is 5. The fraction of sp³-hybridized carbons (Fsp3) is 0.273. The second-order valence-electron chi connectivity index (χ2n) is 7.28. The molecule has 0 aliphatic heterocycles. The van der Waals surface area contributed by atoms with Gasteiger partial charge in [-0.15, -0.1) is 0 Å². The second kappa shape index (κ2) is 12.1. The topological polar surface area (TPSA) is 125 Å². The van der Waals surface area contributed by atoms with Crippen LogP contribution in [0.25, 0.3) is 11.1 Å². The summed E-state index contributed by atoms with van der Waals surface area (Å²) in [4.78, 5) is 33.7. The fourth-order valence-electron chi connectivity index (χ4n) is 2.96. The molecule has 0 amide bonds. The number of carbonyl (C=O) groups is 1. The minimum Gasteiger partial charge on any atom is -0.475 e. The Balaban J connectivity index is 0.000000572. The van der Waals surface area contributed by atoms with Gasteiger partial charge < -0.3 is 15.4 Å². The van der Waals surface area contributed by atoms with Crippen LogP contribution in [0.3, 0.4) is 0 Å². The van der Waals surface area contributed by atoms with Gasteiger partial charge in [-0.2, -0.15) is 27.1 Å². The summed E-state index contributed by atoms with van der Waals surface area (Å²) >= 11 is 0. The number of aliphatic carboxylic acids is 1. The van der Waals surface area contributed by atoms with E-state index in [9.17, 15) is 31.5 Å². The van der Waals surface area contributed by atoms with Gasteiger partial charge >= 0.3 is 17.8 Å². The molecular weight excluding hydrogens is 493 g/mol. The molecule has 9 nitrogen and oxygen atoms in total. The molecule has 36 heavy (non-hydrogen) atoms. The third-order valence-corrected chi connectivity index (χ3v) is 4.87. The van der Waals surface area contributed by atoms with Crippen LogP contribution in [0.1, 0.15) is 12.5 Å². The quantitative estimate of drug-likeness (QED) is 0.466. The van der Waals surface area contributed by atoms with E-state index < -0.39 is 23.9 Å². The van der Waals surface area contributed by atoms with Gasteiger partial charge in [0.05, 0.1) is 13.1 Å². The number of carboxylic acid groups (broad SMARTS) is 1. The maximum Gasteiger partial charge on any atom is 0.490 e. The van der Waals surface area contributed by atoms with Gasteiger partial charge in [-0.1, -0.05) is 24.3 Å². The zero-order chi connectivity index (χ0) is 27.0. The first-order valence-corrected chi connectivity index (χ1v) is 10.3. The van der Waals surface area contributed by atoms with Crippen LogP contribution in [0.4, 0.5) is 22.0 Å². The van der Waals surface area contributed by atoms with Crippen LogP contribution in [0.5, 0.6) is 0 Å². The average molecular weight is 515 g/mol. The van der Waals surface area contributed by atoms with Crippen LogP contribution in [0.2, 0.25) is 0 Å². The molecule has 3 N–H and O–H groups in total. The molecule has 0 atom stereocenters. The molecule has 0 bridgehead atoms. The highest BCUT2D eigenvalue weighted by Crippen LogP contribution is 2.16. The Morgan fingerprint density at radius 2 is 1.69 bits per heavy atom.